The maximum absolute atomic E-state index is 12.3. The third-order valence-corrected chi connectivity index (χ3v) is 3.45. The molecule has 0 saturated heterocycles. The zero-order valence-corrected chi connectivity index (χ0v) is 14.9. The van der Waals surface area contributed by atoms with E-state index in [2.05, 4.69) is 10.3 Å². The highest BCUT2D eigenvalue weighted by Crippen LogP contribution is 2.26. The van der Waals surface area contributed by atoms with E-state index in [4.69, 9.17) is 18.9 Å². The van der Waals surface area contributed by atoms with Crippen LogP contribution < -0.4 is 19.5 Å². The van der Waals surface area contributed by atoms with Crippen LogP contribution in [0.15, 0.2) is 36.5 Å². The molecule has 8 heteroatoms. The van der Waals surface area contributed by atoms with Gasteiger partial charge in [0.15, 0.2) is 6.10 Å². The van der Waals surface area contributed by atoms with E-state index in [0.717, 1.165) is 0 Å². The smallest absolute Gasteiger partial charge is 0.340 e. The maximum atomic E-state index is 12.3. The first-order valence-electron chi connectivity index (χ1n) is 7.71. The number of nitrogens with one attached hydrogen (secondary N) is 1. The fourth-order valence-corrected chi connectivity index (χ4v) is 2.03. The molecule has 0 fully saturated rings. The zero-order chi connectivity index (χ0) is 19.1. The molecule has 0 aliphatic carbocycles. The zero-order valence-electron chi connectivity index (χ0n) is 14.9. The van der Waals surface area contributed by atoms with Crippen LogP contribution >= 0.6 is 0 Å². The van der Waals surface area contributed by atoms with E-state index >= 15 is 0 Å². The number of pyridine rings is 1. The Bertz CT molecular complexity index is 754. The number of hydrogen-bond donors (Lipinski definition) is 1. The average Bonchev–Trinajstić information content (AvgIpc) is 2.67. The molecule has 1 heterocycles. The standard InChI is InChI=1S/C18H20N2O6/c1-11(26-18(22)12-5-6-16(25-4)19-10-12)17(21)20-13-7-14(23-2)9-15(8-13)24-3/h5-11H,1-4H3,(H,20,21). The molecule has 2 aromatic rings. The maximum Gasteiger partial charge on any atom is 0.340 e. The second kappa shape index (κ2) is 8.70. The van der Waals surface area contributed by atoms with Gasteiger partial charge < -0.3 is 24.3 Å². The Balaban J connectivity index is 2.01. The first-order chi connectivity index (χ1) is 12.5. The number of esters is 1. The van der Waals surface area contributed by atoms with E-state index in [1.54, 1.807) is 18.2 Å². The molecule has 26 heavy (non-hydrogen) atoms. The second-order valence-corrected chi connectivity index (χ2v) is 5.23. The van der Waals surface area contributed by atoms with Gasteiger partial charge in [-0.25, -0.2) is 9.78 Å². The van der Waals surface area contributed by atoms with Crippen molar-refractivity contribution in [3.8, 4) is 17.4 Å². The van der Waals surface area contributed by atoms with Crippen molar-refractivity contribution >= 4 is 17.6 Å². The van der Waals surface area contributed by atoms with Crippen LogP contribution in [0.4, 0.5) is 5.69 Å². The summed E-state index contributed by atoms with van der Waals surface area (Å²) in [5.41, 5.74) is 0.675. The Kier molecular flexibility index (Phi) is 6.37. The first-order valence-corrected chi connectivity index (χ1v) is 7.71. The lowest BCUT2D eigenvalue weighted by atomic mass is 10.2. The highest BCUT2D eigenvalue weighted by atomic mass is 16.5. The van der Waals surface area contributed by atoms with Crippen molar-refractivity contribution in [2.45, 2.75) is 13.0 Å². The normalized spacial score (nSPS) is 11.2. The molecule has 1 aromatic carbocycles. The fraction of sp³-hybridized carbons (Fsp3) is 0.278. The third kappa shape index (κ3) is 4.85. The summed E-state index contributed by atoms with van der Waals surface area (Å²) in [4.78, 5) is 28.3. The number of anilines is 1. The summed E-state index contributed by atoms with van der Waals surface area (Å²) in [6.07, 6.45) is 0.306. The van der Waals surface area contributed by atoms with Crippen molar-refractivity contribution in [3.05, 3.63) is 42.1 Å². The summed E-state index contributed by atoms with van der Waals surface area (Å²) in [7, 11) is 4.49. The van der Waals surface area contributed by atoms with E-state index < -0.39 is 18.0 Å². The molecule has 0 saturated carbocycles. The number of nitrogens with zero attached hydrogens (tertiary/aromatic N) is 1. The van der Waals surface area contributed by atoms with E-state index in [1.165, 1.54) is 46.6 Å². The molecular weight excluding hydrogens is 340 g/mol. The van der Waals surface area contributed by atoms with Gasteiger partial charge in [-0.05, 0) is 13.0 Å². The molecule has 0 radical (unpaired) electrons. The predicted octanol–water partition coefficient (Wildman–Crippen LogP) is 2.29. The molecule has 1 aromatic heterocycles. The van der Waals surface area contributed by atoms with Gasteiger partial charge in [0, 0.05) is 36.1 Å². The van der Waals surface area contributed by atoms with Crippen LogP contribution in [0.2, 0.25) is 0 Å². The molecule has 1 atom stereocenters. The average molecular weight is 360 g/mol. The number of rotatable bonds is 7. The summed E-state index contributed by atoms with van der Waals surface area (Å²) >= 11 is 0. The summed E-state index contributed by atoms with van der Waals surface area (Å²) in [6, 6.07) is 7.97. The number of carbonyl (C=O) groups excluding carboxylic acids is 2. The largest absolute Gasteiger partial charge is 0.497 e. The quantitative estimate of drug-likeness (QED) is 0.757. The Morgan fingerprint density at radius 1 is 1.00 bits per heavy atom. The Hall–Kier alpha value is -3.29. The highest BCUT2D eigenvalue weighted by molar-refractivity contribution is 5.97. The molecule has 1 N–H and O–H groups in total. The van der Waals surface area contributed by atoms with Crippen LogP contribution in [0, 0.1) is 0 Å². The molecule has 0 aliphatic rings. The summed E-state index contributed by atoms with van der Waals surface area (Å²) < 4.78 is 20.4. The summed E-state index contributed by atoms with van der Waals surface area (Å²) in [6.45, 7) is 1.47. The lowest BCUT2D eigenvalue weighted by molar-refractivity contribution is -0.123. The number of aromatic nitrogens is 1. The first kappa shape index (κ1) is 19.0. The number of benzene rings is 1. The fourth-order valence-electron chi connectivity index (χ4n) is 2.03. The van der Waals surface area contributed by atoms with Crippen LogP contribution in [0.5, 0.6) is 17.4 Å². The molecule has 1 amide bonds. The number of amides is 1. The molecule has 1 unspecified atom stereocenters. The van der Waals surface area contributed by atoms with Gasteiger partial charge in [0.05, 0.1) is 26.9 Å². The SMILES string of the molecule is COc1cc(NC(=O)C(C)OC(=O)c2ccc(OC)nc2)cc(OC)c1. The van der Waals surface area contributed by atoms with Crippen molar-refractivity contribution in [3.63, 3.8) is 0 Å². The van der Waals surface area contributed by atoms with Gasteiger partial charge in [0.1, 0.15) is 11.5 Å². The minimum Gasteiger partial charge on any atom is -0.497 e. The van der Waals surface area contributed by atoms with Gasteiger partial charge in [0.2, 0.25) is 5.88 Å². The molecule has 0 bridgehead atoms. The minimum atomic E-state index is -1.01. The van der Waals surface area contributed by atoms with Crippen LogP contribution in [0.1, 0.15) is 17.3 Å². The van der Waals surface area contributed by atoms with E-state index in [9.17, 15) is 9.59 Å². The van der Waals surface area contributed by atoms with E-state index in [1.807, 2.05) is 0 Å². The topological polar surface area (TPSA) is 96.0 Å². The summed E-state index contributed by atoms with van der Waals surface area (Å²) in [5.74, 6) is 0.266. The molecular formula is C18H20N2O6. The molecule has 0 spiro atoms. The molecule has 0 aliphatic heterocycles. The number of methoxy groups -OCH3 is 3. The van der Waals surface area contributed by atoms with Crippen molar-refractivity contribution in [1.29, 1.82) is 0 Å². The van der Waals surface area contributed by atoms with E-state index in [-0.39, 0.29) is 5.56 Å². The third-order valence-electron chi connectivity index (χ3n) is 3.45. The Labute approximate surface area is 151 Å². The van der Waals surface area contributed by atoms with Gasteiger partial charge >= 0.3 is 5.97 Å². The lowest BCUT2D eigenvalue weighted by Crippen LogP contribution is -2.30. The number of hydrogen-bond acceptors (Lipinski definition) is 7. The van der Waals surface area contributed by atoms with Gasteiger partial charge in [-0.15, -0.1) is 0 Å². The van der Waals surface area contributed by atoms with Crippen molar-refractivity contribution in [1.82, 2.24) is 4.98 Å². The van der Waals surface area contributed by atoms with Crippen molar-refractivity contribution < 1.29 is 28.5 Å². The van der Waals surface area contributed by atoms with Gasteiger partial charge in [-0.1, -0.05) is 0 Å². The van der Waals surface area contributed by atoms with Gasteiger partial charge in [0.25, 0.3) is 5.91 Å². The highest BCUT2D eigenvalue weighted by Gasteiger charge is 2.20. The summed E-state index contributed by atoms with van der Waals surface area (Å²) in [5, 5.41) is 2.65. The number of carbonyl (C=O) groups is 2. The van der Waals surface area contributed by atoms with Crippen LogP contribution in [-0.4, -0.2) is 44.3 Å². The predicted molar refractivity (Wildman–Crippen MR) is 93.8 cm³/mol. The Morgan fingerprint density at radius 2 is 1.65 bits per heavy atom. The van der Waals surface area contributed by atoms with Crippen LogP contribution in [-0.2, 0) is 9.53 Å². The second-order valence-electron chi connectivity index (χ2n) is 5.23. The van der Waals surface area contributed by atoms with Gasteiger partial charge in [-0.3, -0.25) is 4.79 Å². The van der Waals surface area contributed by atoms with E-state index in [0.29, 0.717) is 23.1 Å². The van der Waals surface area contributed by atoms with Crippen molar-refractivity contribution in [2.24, 2.45) is 0 Å². The Morgan fingerprint density at radius 3 is 2.15 bits per heavy atom. The van der Waals surface area contributed by atoms with Crippen LogP contribution in [0.3, 0.4) is 0 Å². The molecule has 2 rings (SSSR count). The van der Waals surface area contributed by atoms with Crippen LogP contribution in [0.25, 0.3) is 0 Å². The number of ether oxygens (including phenoxy) is 4. The van der Waals surface area contributed by atoms with Crippen molar-refractivity contribution in [2.75, 3.05) is 26.6 Å². The van der Waals surface area contributed by atoms with Gasteiger partial charge in [-0.2, -0.15) is 0 Å². The minimum absolute atomic E-state index is 0.216. The lowest BCUT2D eigenvalue weighted by Gasteiger charge is -2.14. The molecule has 138 valence electrons. The molecule has 8 nitrogen and oxygen atoms in total. The monoisotopic (exact) mass is 360 g/mol.